The topological polar surface area (TPSA) is 23.5 Å². The number of rotatable bonds is 4. The van der Waals surface area contributed by atoms with Crippen LogP contribution in [-0.4, -0.2) is 12.2 Å². The molecular weight excluding hydrogens is 258 g/mol. The van der Waals surface area contributed by atoms with Gasteiger partial charge in [0.25, 0.3) is 0 Å². The van der Waals surface area contributed by atoms with Crippen LogP contribution in [0.5, 0.6) is 0 Å². The largest absolute Gasteiger partial charge is 0.392 e. The summed E-state index contributed by atoms with van der Waals surface area (Å²) in [7, 11) is 2.02. The number of aliphatic hydroxyl groups excluding tert-OH is 1. The van der Waals surface area contributed by atoms with Gasteiger partial charge in [0, 0.05) is 13.6 Å². The molecule has 0 saturated heterocycles. The van der Waals surface area contributed by atoms with Gasteiger partial charge in [-0.2, -0.15) is 0 Å². The summed E-state index contributed by atoms with van der Waals surface area (Å²) in [5.74, 6) is 0. The number of hydrogen-bond donors (Lipinski definition) is 1. The Morgan fingerprint density at radius 1 is 1.11 bits per heavy atom. The number of nitrogens with zero attached hydrogens (tertiary/aromatic N) is 1. The zero-order valence-corrected chi connectivity index (χ0v) is 12.0. The van der Waals surface area contributed by atoms with E-state index in [1.54, 1.807) is 0 Å². The number of hydrogen-bond acceptors (Lipinski definition) is 2. The summed E-state index contributed by atoms with van der Waals surface area (Å²) in [5.41, 5.74) is 4.32. The van der Waals surface area contributed by atoms with Gasteiger partial charge in [-0.3, -0.25) is 0 Å². The lowest BCUT2D eigenvalue weighted by Gasteiger charge is -2.21. The summed E-state index contributed by atoms with van der Waals surface area (Å²) in [5, 5.41) is 9.75. The van der Waals surface area contributed by atoms with Crippen molar-refractivity contribution in [3.8, 4) is 0 Å². The Bertz CT molecular complexity index is 568. The summed E-state index contributed by atoms with van der Waals surface area (Å²) < 4.78 is 0. The number of aryl methyl sites for hydroxylation is 1. The predicted molar refractivity (Wildman–Crippen MR) is 80.7 cm³/mol. The van der Waals surface area contributed by atoms with Gasteiger partial charge in [0.05, 0.1) is 17.3 Å². The van der Waals surface area contributed by atoms with Crippen molar-refractivity contribution in [2.45, 2.75) is 20.1 Å². The van der Waals surface area contributed by atoms with E-state index in [-0.39, 0.29) is 6.61 Å². The van der Waals surface area contributed by atoms with Crippen molar-refractivity contribution < 1.29 is 5.11 Å². The highest BCUT2D eigenvalue weighted by molar-refractivity contribution is 6.33. The van der Waals surface area contributed by atoms with Crippen molar-refractivity contribution in [1.82, 2.24) is 0 Å². The van der Waals surface area contributed by atoms with Crippen molar-refractivity contribution >= 4 is 17.3 Å². The smallest absolute Gasteiger partial charge is 0.0682 e. The van der Waals surface area contributed by atoms with E-state index >= 15 is 0 Å². The first-order chi connectivity index (χ1) is 9.10. The molecule has 0 aromatic heterocycles. The van der Waals surface area contributed by atoms with E-state index < -0.39 is 0 Å². The molecule has 2 nitrogen and oxygen atoms in total. The molecule has 100 valence electrons. The minimum absolute atomic E-state index is 0.0155. The van der Waals surface area contributed by atoms with Crippen LogP contribution >= 0.6 is 11.6 Å². The number of benzene rings is 2. The average molecular weight is 276 g/mol. The molecule has 0 aliphatic heterocycles. The van der Waals surface area contributed by atoms with Crippen molar-refractivity contribution in [3.05, 3.63) is 64.2 Å². The second-order valence-corrected chi connectivity index (χ2v) is 5.20. The van der Waals surface area contributed by atoms with E-state index in [0.717, 1.165) is 17.8 Å². The first-order valence-corrected chi connectivity index (χ1v) is 6.64. The fourth-order valence-electron chi connectivity index (χ4n) is 2.13. The van der Waals surface area contributed by atoms with Crippen LogP contribution in [0, 0.1) is 6.92 Å². The predicted octanol–water partition coefficient (Wildman–Crippen LogP) is 3.78. The van der Waals surface area contributed by atoms with Gasteiger partial charge in [0.2, 0.25) is 0 Å². The van der Waals surface area contributed by atoms with Crippen LogP contribution in [0.2, 0.25) is 5.02 Å². The van der Waals surface area contributed by atoms with Gasteiger partial charge in [-0.15, -0.1) is 0 Å². The SMILES string of the molecule is Cc1cccc(CN(C)c2ccc(CO)cc2Cl)c1. The Labute approximate surface area is 119 Å². The third-order valence-electron chi connectivity index (χ3n) is 3.11. The fraction of sp³-hybridized carbons (Fsp3) is 0.250. The molecule has 2 aromatic rings. The molecule has 0 atom stereocenters. The van der Waals surface area contributed by atoms with Crippen LogP contribution in [-0.2, 0) is 13.2 Å². The maximum atomic E-state index is 9.09. The first-order valence-electron chi connectivity index (χ1n) is 6.26. The quantitative estimate of drug-likeness (QED) is 0.918. The summed E-state index contributed by atoms with van der Waals surface area (Å²) >= 11 is 6.25. The second-order valence-electron chi connectivity index (χ2n) is 4.79. The maximum absolute atomic E-state index is 9.09. The molecule has 1 N–H and O–H groups in total. The lowest BCUT2D eigenvalue weighted by atomic mass is 10.1. The Morgan fingerprint density at radius 3 is 2.53 bits per heavy atom. The lowest BCUT2D eigenvalue weighted by Crippen LogP contribution is -2.16. The molecule has 0 fully saturated rings. The summed E-state index contributed by atoms with van der Waals surface area (Å²) in [4.78, 5) is 2.11. The van der Waals surface area contributed by atoms with E-state index in [0.29, 0.717) is 5.02 Å². The molecular formula is C16H18ClNO. The molecule has 2 rings (SSSR count). The monoisotopic (exact) mass is 275 g/mol. The highest BCUT2D eigenvalue weighted by Crippen LogP contribution is 2.27. The van der Waals surface area contributed by atoms with Gasteiger partial charge in [-0.05, 0) is 30.2 Å². The zero-order chi connectivity index (χ0) is 13.8. The molecule has 0 bridgehead atoms. The van der Waals surface area contributed by atoms with Crippen molar-refractivity contribution in [3.63, 3.8) is 0 Å². The molecule has 0 radical (unpaired) electrons. The molecule has 0 amide bonds. The molecule has 0 saturated carbocycles. The molecule has 0 heterocycles. The Morgan fingerprint density at radius 2 is 1.89 bits per heavy atom. The number of halogens is 1. The second kappa shape index (κ2) is 6.09. The van der Waals surface area contributed by atoms with Gasteiger partial charge < -0.3 is 10.0 Å². The Kier molecular flexibility index (Phi) is 4.46. The van der Waals surface area contributed by atoms with E-state index in [2.05, 4.69) is 36.1 Å². The standard InChI is InChI=1S/C16H18ClNO/c1-12-4-3-5-13(8-12)10-18(2)16-7-6-14(11-19)9-15(16)17/h3-9,19H,10-11H2,1-2H3. The molecule has 0 aliphatic rings. The van der Waals surface area contributed by atoms with Crippen LogP contribution in [0.3, 0.4) is 0 Å². The van der Waals surface area contributed by atoms with Crippen LogP contribution in [0.25, 0.3) is 0 Å². The van der Waals surface area contributed by atoms with E-state index in [4.69, 9.17) is 16.7 Å². The minimum atomic E-state index is 0.0155. The van der Waals surface area contributed by atoms with Crippen LogP contribution in [0.4, 0.5) is 5.69 Å². The Hall–Kier alpha value is -1.51. The van der Waals surface area contributed by atoms with Gasteiger partial charge >= 0.3 is 0 Å². The van der Waals surface area contributed by atoms with E-state index in [1.165, 1.54) is 11.1 Å². The van der Waals surface area contributed by atoms with Crippen LogP contribution < -0.4 is 4.90 Å². The van der Waals surface area contributed by atoms with Gasteiger partial charge in [0.1, 0.15) is 0 Å². The number of aliphatic hydroxyl groups is 1. The van der Waals surface area contributed by atoms with Crippen LogP contribution in [0.1, 0.15) is 16.7 Å². The third-order valence-corrected chi connectivity index (χ3v) is 3.41. The summed E-state index contributed by atoms with van der Waals surface area (Å²) in [6, 6.07) is 14.1. The highest BCUT2D eigenvalue weighted by Gasteiger charge is 2.07. The third kappa shape index (κ3) is 3.49. The minimum Gasteiger partial charge on any atom is -0.392 e. The van der Waals surface area contributed by atoms with E-state index in [9.17, 15) is 0 Å². The van der Waals surface area contributed by atoms with Gasteiger partial charge in [0.15, 0.2) is 0 Å². The molecule has 0 unspecified atom stereocenters. The number of anilines is 1. The van der Waals surface area contributed by atoms with Crippen molar-refractivity contribution in [1.29, 1.82) is 0 Å². The van der Waals surface area contributed by atoms with Crippen molar-refractivity contribution in [2.24, 2.45) is 0 Å². The maximum Gasteiger partial charge on any atom is 0.0682 e. The zero-order valence-electron chi connectivity index (χ0n) is 11.2. The normalized spacial score (nSPS) is 10.5. The average Bonchev–Trinajstić information content (AvgIpc) is 2.38. The van der Waals surface area contributed by atoms with Gasteiger partial charge in [-0.1, -0.05) is 47.5 Å². The van der Waals surface area contributed by atoms with E-state index in [1.807, 2.05) is 25.2 Å². The molecule has 0 spiro atoms. The van der Waals surface area contributed by atoms with Gasteiger partial charge in [-0.25, -0.2) is 0 Å². The first kappa shape index (κ1) is 13.9. The van der Waals surface area contributed by atoms with Crippen LogP contribution in [0.15, 0.2) is 42.5 Å². The summed E-state index contributed by atoms with van der Waals surface area (Å²) in [6.45, 7) is 2.91. The van der Waals surface area contributed by atoms with Crippen molar-refractivity contribution in [2.75, 3.05) is 11.9 Å². The lowest BCUT2D eigenvalue weighted by molar-refractivity contribution is 0.282. The molecule has 3 heteroatoms. The highest BCUT2D eigenvalue weighted by atomic mass is 35.5. The summed E-state index contributed by atoms with van der Waals surface area (Å²) in [6.07, 6.45) is 0. The fourth-order valence-corrected chi connectivity index (χ4v) is 2.48. The Balaban J connectivity index is 2.18. The molecule has 0 aliphatic carbocycles. The molecule has 19 heavy (non-hydrogen) atoms. The molecule has 2 aromatic carbocycles.